The number of amides is 2. The van der Waals surface area contributed by atoms with Crippen LogP contribution in [0.3, 0.4) is 0 Å². The molecule has 152 valence electrons. The van der Waals surface area contributed by atoms with Crippen molar-refractivity contribution >= 4 is 45.1 Å². The van der Waals surface area contributed by atoms with Crippen LogP contribution >= 0.6 is 23.1 Å². The van der Waals surface area contributed by atoms with E-state index in [2.05, 4.69) is 4.99 Å². The molecular weight excluding hydrogens is 394 g/mol. The Morgan fingerprint density at radius 1 is 1.18 bits per heavy atom. The van der Waals surface area contributed by atoms with Gasteiger partial charge in [0.2, 0.25) is 5.91 Å². The molecule has 1 fully saturated rings. The minimum atomic E-state index is -0.208. The lowest BCUT2D eigenvalue weighted by atomic mass is 10.2. The Kier molecular flexibility index (Phi) is 7.56. The van der Waals surface area contributed by atoms with Crippen molar-refractivity contribution in [2.45, 2.75) is 32.6 Å². The van der Waals surface area contributed by atoms with Crippen molar-refractivity contribution in [2.75, 3.05) is 31.2 Å². The molecule has 3 rings (SSSR count). The predicted octanol–water partition coefficient (Wildman–Crippen LogP) is 3.20. The standard InChI is InChI=1S/C20H27N3O3S2/c1-3-26-15-8-9-16-17(12-15)28-20(22(16)2)21-18(24)13-27-14-19(25)23-10-6-4-5-7-11-23/h8-9,12H,3-7,10-11,13-14H2,1-2H3. The van der Waals surface area contributed by atoms with Crippen molar-refractivity contribution in [1.82, 2.24) is 9.47 Å². The Bertz CT molecular complexity index is 896. The maximum atomic E-state index is 12.3. The van der Waals surface area contributed by atoms with Crippen molar-refractivity contribution < 1.29 is 14.3 Å². The molecule has 0 aliphatic carbocycles. The second-order valence-electron chi connectivity index (χ2n) is 6.80. The van der Waals surface area contributed by atoms with E-state index < -0.39 is 0 Å². The zero-order valence-corrected chi connectivity index (χ0v) is 18.1. The van der Waals surface area contributed by atoms with Gasteiger partial charge >= 0.3 is 0 Å². The van der Waals surface area contributed by atoms with Gasteiger partial charge in [-0.15, -0.1) is 11.8 Å². The molecule has 1 saturated heterocycles. The van der Waals surface area contributed by atoms with E-state index >= 15 is 0 Å². The average molecular weight is 422 g/mol. The van der Waals surface area contributed by atoms with Gasteiger partial charge in [-0.2, -0.15) is 4.99 Å². The Morgan fingerprint density at radius 3 is 2.64 bits per heavy atom. The van der Waals surface area contributed by atoms with Crippen LogP contribution < -0.4 is 9.54 Å². The highest BCUT2D eigenvalue weighted by molar-refractivity contribution is 8.00. The fraction of sp³-hybridized carbons (Fsp3) is 0.550. The van der Waals surface area contributed by atoms with Crippen LogP contribution in [0.2, 0.25) is 0 Å². The van der Waals surface area contributed by atoms with Crippen LogP contribution in [-0.4, -0.2) is 52.5 Å². The van der Waals surface area contributed by atoms with Gasteiger partial charge in [-0.05, 0) is 38.0 Å². The van der Waals surface area contributed by atoms with E-state index in [1.807, 2.05) is 41.6 Å². The van der Waals surface area contributed by atoms with Crippen LogP contribution in [-0.2, 0) is 16.6 Å². The number of thioether (sulfide) groups is 1. The largest absolute Gasteiger partial charge is 0.494 e. The fourth-order valence-electron chi connectivity index (χ4n) is 3.25. The normalized spacial score (nSPS) is 15.6. The molecular formula is C20H27N3O3S2. The quantitative estimate of drug-likeness (QED) is 0.719. The van der Waals surface area contributed by atoms with Crippen molar-refractivity contribution in [3.63, 3.8) is 0 Å². The number of rotatable bonds is 6. The number of likely N-dealkylation sites (tertiary alicyclic amines) is 1. The van der Waals surface area contributed by atoms with E-state index in [0.717, 1.165) is 41.9 Å². The fourth-order valence-corrected chi connectivity index (χ4v) is 5.02. The van der Waals surface area contributed by atoms with Crippen LogP contribution in [0.1, 0.15) is 32.6 Å². The summed E-state index contributed by atoms with van der Waals surface area (Å²) in [4.78, 5) is 31.4. The van der Waals surface area contributed by atoms with Crippen LogP contribution in [0.15, 0.2) is 23.2 Å². The molecule has 1 aliphatic heterocycles. The third-order valence-electron chi connectivity index (χ3n) is 4.72. The molecule has 0 spiro atoms. The molecule has 0 unspecified atom stereocenters. The second-order valence-corrected chi connectivity index (χ2v) is 8.79. The summed E-state index contributed by atoms with van der Waals surface area (Å²) in [6.45, 7) is 4.26. The monoisotopic (exact) mass is 421 g/mol. The number of hydrogen-bond donors (Lipinski definition) is 0. The molecule has 1 aromatic heterocycles. The highest BCUT2D eigenvalue weighted by Gasteiger charge is 2.16. The van der Waals surface area contributed by atoms with Crippen LogP contribution in [0, 0.1) is 0 Å². The molecule has 2 aromatic rings. The summed E-state index contributed by atoms with van der Waals surface area (Å²) in [6.07, 6.45) is 4.56. The van der Waals surface area contributed by atoms with E-state index in [-0.39, 0.29) is 17.6 Å². The zero-order chi connectivity index (χ0) is 19.9. The number of carbonyl (C=O) groups excluding carboxylic acids is 2. The van der Waals surface area contributed by atoms with Gasteiger partial charge in [0, 0.05) is 20.1 Å². The Labute approximate surface area is 173 Å². The molecule has 0 bridgehead atoms. The lowest BCUT2D eigenvalue weighted by molar-refractivity contribution is -0.128. The van der Waals surface area contributed by atoms with Crippen LogP contribution in [0.5, 0.6) is 5.75 Å². The summed E-state index contributed by atoms with van der Waals surface area (Å²) in [5, 5.41) is 0. The van der Waals surface area contributed by atoms with Crippen LogP contribution in [0.25, 0.3) is 10.2 Å². The predicted molar refractivity (Wildman–Crippen MR) is 115 cm³/mol. The Hall–Kier alpha value is -1.80. The number of hydrogen-bond acceptors (Lipinski definition) is 5. The molecule has 0 saturated carbocycles. The van der Waals surface area contributed by atoms with Gasteiger partial charge in [0.15, 0.2) is 4.80 Å². The Balaban J connectivity index is 1.59. The number of fused-ring (bicyclic) bond motifs is 1. The third kappa shape index (κ3) is 5.38. The average Bonchev–Trinajstić information content (AvgIpc) is 2.86. The van der Waals surface area contributed by atoms with Gasteiger partial charge in [0.1, 0.15) is 5.75 Å². The summed E-state index contributed by atoms with van der Waals surface area (Å²) in [6, 6.07) is 5.88. The van der Waals surface area contributed by atoms with Crippen molar-refractivity contribution in [1.29, 1.82) is 0 Å². The number of aryl methyl sites for hydroxylation is 1. The molecule has 28 heavy (non-hydrogen) atoms. The summed E-state index contributed by atoms with van der Waals surface area (Å²) >= 11 is 2.82. The van der Waals surface area contributed by atoms with E-state index in [0.29, 0.717) is 17.2 Å². The number of benzene rings is 1. The molecule has 1 aromatic carbocycles. The van der Waals surface area contributed by atoms with Gasteiger partial charge in [-0.25, -0.2) is 0 Å². The zero-order valence-electron chi connectivity index (χ0n) is 16.5. The summed E-state index contributed by atoms with van der Waals surface area (Å²) in [5.41, 5.74) is 1.02. The maximum absolute atomic E-state index is 12.3. The topological polar surface area (TPSA) is 63.9 Å². The van der Waals surface area contributed by atoms with Crippen molar-refractivity contribution in [2.24, 2.45) is 12.0 Å². The van der Waals surface area contributed by atoms with Crippen LogP contribution in [0.4, 0.5) is 0 Å². The molecule has 8 heteroatoms. The molecule has 0 radical (unpaired) electrons. The van der Waals surface area contributed by atoms with E-state index in [1.54, 1.807) is 0 Å². The van der Waals surface area contributed by atoms with Gasteiger partial charge < -0.3 is 14.2 Å². The molecule has 0 N–H and O–H groups in total. The summed E-state index contributed by atoms with van der Waals surface area (Å²) < 4.78 is 8.49. The minimum Gasteiger partial charge on any atom is -0.494 e. The maximum Gasteiger partial charge on any atom is 0.258 e. The first kappa shape index (κ1) is 20.9. The van der Waals surface area contributed by atoms with Crippen molar-refractivity contribution in [3.8, 4) is 5.75 Å². The van der Waals surface area contributed by atoms with E-state index in [4.69, 9.17) is 4.74 Å². The smallest absolute Gasteiger partial charge is 0.258 e. The molecule has 1 aliphatic rings. The molecule has 2 amide bonds. The summed E-state index contributed by atoms with van der Waals surface area (Å²) in [5.74, 6) is 1.31. The first-order chi connectivity index (χ1) is 13.6. The van der Waals surface area contributed by atoms with Crippen molar-refractivity contribution in [3.05, 3.63) is 23.0 Å². The first-order valence-electron chi connectivity index (χ1n) is 9.74. The van der Waals surface area contributed by atoms with Gasteiger partial charge in [-0.3, -0.25) is 9.59 Å². The van der Waals surface area contributed by atoms with Gasteiger partial charge in [-0.1, -0.05) is 24.2 Å². The molecule has 0 atom stereocenters. The van der Waals surface area contributed by atoms with Gasteiger partial charge in [0.25, 0.3) is 5.91 Å². The highest BCUT2D eigenvalue weighted by atomic mass is 32.2. The minimum absolute atomic E-state index is 0.135. The Morgan fingerprint density at radius 2 is 1.93 bits per heavy atom. The van der Waals surface area contributed by atoms with E-state index in [1.165, 1.54) is 35.9 Å². The second kappa shape index (κ2) is 10.1. The van der Waals surface area contributed by atoms with Gasteiger partial charge in [0.05, 0.1) is 28.3 Å². The lowest BCUT2D eigenvalue weighted by Crippen LogP contribution is -2.33. The molecule has 2 heterocycles. The number of nitrogens with zero attached hydrogens (tertiary/aromatic N) is 3. The summed E-state index contributed by atoms with van der Waals surface area (Å²) in [7, 11) is 1.90. The number of aromatic nitrogens is 1. The third-order valence-corrected chi connectivity index (χ3v) is 6.72. The highest BCUT2D eigenvalue weighted by Crippen LogP contribution is 2.22. The number of carbonyl (C=O) groups is 2. The first-order valence-corrected chi connectivity index (χ1v) is 11.7. The van der Waals surface area contributed by atoms with E-state index in [9.17, 15) is 9.59 Å². The lowest BCUT2D eigenvalue weighted by Gasteiger charge is -2.19. The number of thiazole rings is 1. The number of ether oxygens (including phenoxy) is 1. The molecule has 6 nitrogen and oxygen atoms in total. The SMILES string of the molecule is CCOc1ccc2c(c1)sc(=NC(=O)CSCC(=O)N1CCCCCC1)n2C.